The Hall–Kier alpha value is -1.17. The summed E-state index contributed by atoms with van der Waals surface area (Å²) < 4.78 is 0. The van der Waals surface area contributed by atoms with Gasteiger partial charge in [0.15, 0.2) is 0 Å². The Morgan fingerprint density at radius 3 is 1.07 bits per heavy atom. The van der Waals surface area contributed by atoms with E-state index in [1.807, 2.05) is 0 Å². The second-order valence-corrected chi connectivity index (χ2v) is 17.4. The van der Waals surface area contributed by atoms with Gasteiger partial charge in [0.25, 0.3) is 0 Å². The van der Waals surface area contributed by atoms with Crippen LogP contribution >= 0.6 is 0 Å². The van der Waals surface area contributed by atoms with Crippen molar-refractivity contribution < 1.29 is 20.1 Å². The Morgan fingerprint density at radius 1 is 0.429 bits per heavy atom. The molecule has 0 rings (SSSR count). The molecule has 1 amide bonds. The van der Waals surface area contributed by atoms with Crippen LogP contribution in [0.1, 0.15) is 271 Å². The van der Waals surface area contributed by atoms with Crippen LogP contribution < -0.4 is 5.32 Å². The number of allylic oxidation sites excluding steroid dienone is 4. The molecule has 0 aliphatic heterocycles. The van der Waals surface area contributed by atoms with E-state index in [1.165, 1.54) is 205 Å². The molecule has 0 fully saturated rings. The number of hydrogen-bond acceptors (Lipinski definition) is 4. The van der Waals surface area contributed by atoms with E-state index in [0.717, 1.165) is 38.5 Å². The number of aliphatic hydroxyl groups is 3. The fraction of sp³-hybridized carbons (Fsp3) is 0.902. The molecule has 4 N–H and O–H groups in total. The SMILES string of the molecule is CCCCCCCCCCC/C=C\C/C=C\CCCCCCCCCCCCCCC(O)C(=O)NC(CO)C(O)CCCCCCCCCCCCCCCC. The highest BCUT2D eigenvalue weighted by atomic mass is 16.3. The van der Waals surface area contributed by atoms with E-state index in [4.69, 9.17) is 0 Å². The van der Waals surface area contributed by atoms with Crippen LogP contribution in [0, 0.1) is 0 Å². The first-order valence-corrected chi connectivity index (χ1v) is 25.1. The first kappa shape index (κ1) is 54.8. The van der Waals surface area contributed by atoms with Crippen molar-refractivity contribution in [2.24, 2.45) is 0 Å². The molecule has 0 heterocycles. The van der Waals surface area contributed by atoms with Gasteiger partial charge >= 0.3 is 0 Å². The lowest BCUT2D eigenvalue weighted by atomic mass is 10.0. The Balaban J connectivity index is 3.55. The number of carbonyl (C=O) groups excluding carboxylic acids is 1. The van der Waals surface area contributed by atoms with E-state index in [9.17, 15) is 20.1 Å². The number of aliphatic hydroxyl groups excluding tert-OH is 3. The van der Waals surface area contributed by atoms with E-state index in [0.29, 0.717) is 12.8 Å². The third-order valence-corrected chi connectivity index (χ3v) is 11.8. The van der Waals surface area contributed by atoms with Crippen LogP contribution in [-0.4, -0.2) is 46.1 Å². The lowest BCUT2D eigenvalue weighted by Gasteiger charge is -2.23. The van der Waals surface area contributed by atoms with Gasteiger partial charge in [-0.3, -0.25) is 4.79 Å². The van der Waals surface area contributed by atoms with Gasteiger partial charge in [-0.1, -0.05) is 250 Å². The molecule has 0 saturated carbocycles. The monoisotopic (exact) mass is 790 g/mol. The van der Waals surface area contributed by atoms with Crippen LogP contribution in [0.25, 0.3) is 0 Å². The van der Waals surface area contributed by atoms with Crippen molar-refractivity contribution in [3.05, 3.63) is 24.3 Å². The summed E-state index contributed by atoms with van der Waals surface area (Å²) in [6.07, 6.45) is 57.7. The van der Waals surface area contributed by atoms with Gasteiger partial charge in [-0.05, 0) is 44.9 Å². The zero-order valence-electron chi connectivity index (χ0n) is 37.8. The number of rotatable bonds is 46. The fourth-order valence-corrected chi connectivity index (χ4v) is 7.87. The number of amides is 1. The van der Waals surface area contributed by atoms with Crippen molar-refractivity contribution >= 4 is 5.91 Å². The molecule has 0 saturated heterocycles. The van der Waals surface area contributed by atoms with Gasteiger partial charge in [-0.2, -0.15) is 0 Å². The van der Waals surface area contributed by atoms with Crippen LogP contribution in [0.15, 0.2) is 24.3 Å². The summed E-state index contributed by atoms with van der Waals surface area (Å²) in [6, 6.07) is -0.710. The van der Waals surface area contributed by atoms with Gasteiger partial charge in [0.2, 0.25) is 5.91 Å². The number of unbranched alkanes of at least 4 members (excludes halogenated alkanes) is 34. The van der Waals surface area contributed by atoms with Crippen molar-refractivity contribution in [2.75, 3.05) is 6.61 Å². The van der Waals surface area contributed by atoms with Crippen LogP contribution in [-0.2, 0) is 4.79 Å². The van der Waals surface area contributed by atoms with Crippen molar-refractivity contribution in [3.8, 4) is 0 Å². The highest BCUT2D eigenvalue weighted by Crippen LogP contribution is 2.17. The molecule has 5 nitrogen and oxygen atoms in total. The summed E-state index contributed by atoms with van der Waals surface area (Å²) in [7, 11) is 0. The maximum absolute atomic E-state index is 12.5. The summed E-state index contributed by atoms with van der Waals surface area (Å²) in [6.45, 7) is 4.24. The minimum absolute atomic E-state index is 0.312. The standard InChI is InChI=1S/C51H99NO4/c1-3-5-7-9-11-13-15-17-19-20-21-22-23-24-25-26-27-28-29-30-31-32-34-36-38-40-42-44-46-50(55)51(56)52-48(47-53)49(54)45-43-41-39-37-35-33-18-16-14-12-10-8-6-4-2/h21-22,24-25,48-50,53-55H,3-20,23,26-47H2,1-2H3,(H,52,56)/b22-21-,25-24-. The molecule has 0 aliphatic rings. The quantitative estimate of drug-likeness (QED) is 0.0365. The number of carbonyl (C=O) groups is 1. The normalized spacial score (nSPS) is 13.6. The average molecular weight is 790 g/mol. The second kappa shape index (κ2) is 46.5. The topological polar surface area (TPSA) is 89.8 Å². The van der Waals surface area contributed by atoms with E-state index in [1.54, 1.807) is 0 Å². The van der Waals surface area contributed by atoms with Crippen LogP contribution in [0.2, 0.25) is 0 Å². The van der Waals surface area contributed by atoms with E-state index >= 15 is 0 Å². The fourth-order valence-electron chi connectivity index (χ4n) is 7.87. The highest BCUT2D eigenvalue weighted by molar-refractivity contribution is 5.80. The predicted octanol–water partition coefficient (Wildman–Crippen LogP) is 14.9. The number of nitrogens with one attached hydrogen (secondary N) is 1. The summed E-state index contributed by atoms with van der Waals surface area (Å²) in [4.78, 5) is 12.5. The maximum Gasteiger partial charge on any atom is 0.249 e. The Labute approximate surface area is 350 Å². The smallest absolute Gasteiger partial charge is 0.249 e. The van der Waals surface area contributed by atoms with Gasteiger partial charge < -0.3 is 20.6 Å². The Kier molecular flexibility index (Phi) is 45.5. The molecule has 3 atom stereocenters. The first-order valence-electron chi connectivity index (χ1n) is 25.1. The average Bonchev–Trinajstić information content (AvgIpc) is 3.20. The molecule has 0 aromatic rings. The molecule has 0 spiro atoms. The van der Waals surface area contributed by atoms with Crippen LogP contribution in [0.4, 0.5) is 0 Å². The molecular formula is C51H99NO4. The lowest BCUT2D eigenvalue weighted by molar-refractivity contribution is -0.131. The van der Waals surface area contributed by atoms with Crippen molar-refractivity contribution in [2.45, 2.75) is 289 Å². The summed E-state index contributed by atoms with van der Waals surface area (Å²) >= 11 is 0. The zero-order valence-corrected chi connectivity index (χ0v) is 37.8. The van der Waals surface area contributed by atoms with E-state index in [-0.39, 0.29) is 6.61 Å². The minimum Gasteiger partial charge on any atom is -0.394 e. The zero-order chi connectivity index (χ0) is 40.8. The van der Waals surface area contributed by atoms with Crippen LogP contribution in [0.5, 0.6) is 0 Å². The molecule has 0 bridgehead atoms. The third kappa shape index (κ3) is 41.0. The van der Waals surface area contributed by atoms with Gasteiger partial charge in [-0.25, -0.2) is 0 Å². The molecule has 3 unspecified atom stereocenters. The molecule has 0 radical (unpaired) electrons. The number of hydrogen-bond donors (Lipinski definition) is 4. The third-order valence-electron chi connectivity index (χ3n) is 11.8. The molecule has 5 heteroatoms. The summed E-state index contributed by atoms with van der Waals surface area (Å²) in [5, 5.41) is 33.4. The van der Waals surface area contributed by atoms with Gasteiger partial charge in [0.1, 0.15) is 6.10 Å². The van der Waals surface area contributed by atoms with Crippen LogP contribution in [0.3, 0.4) is 0 Å². The first-order chi connectivity index (χ1) is 27.6. The van der Waals surface area contributed by atoms with E-state index < -0.39 is 24.2 Å². The van der Waals surface area contributed by atoms with Gasteiger partial charge in [0.05, 0.1) is 18.8 Å². The largest absolute Gasteiger partial charge is 0.394 e. The predicted molar refractivity (Wildman–Crippen MR) is 245 cm³/mol. The Bertz CT molecular complexity index is 829. The molecule has 0 aromatic heterocycles. The second-order valence-electron chi connectivity index (χ2n) is 17.4. The van der Waals surface area contributed by atoms with Gasteiger partial charge in [0, 0.05) is 0 Å². The maximum atomic E-state index is 12.5. The van der Waals surface area contributed by atoms with Gasteiger partial charge in [-0.15, -0.1) is 0 Å². The van der Waals surface area contributed by atoms with E-state index in [2.05, 4.69) is 43.5 Å². The van der Waals surface area contributed by atoms with Crippen molar-refractivity contribution in [1.82, 2.24) is 5.32 Å². The molecule has 0 aliphatic carbocycles. The van der Waals surface area contributed by atoms with Crippen molar-refractivity contribution in [3.63, 3.8) is 0 Å². The molecular weight excluding hydrogens is 691 g/mol. The lowest BCUT2D eigenvalue weighted by Crippen LogP contribution is -2.49. The highest BCUT2D eigenvalue weighted by Gasteiger charge is 2.23. The minimum atomic E-state index is -1.07. The van der Waals surface area contributed by atoms with Crippen molar-refractivity contribution in [1.29, 1.82) is 0 Å². The summed E-state index contributed by atoms with van der Waals surface area (Å²) in [5.74, 6) is -0.469. The molecule has 0 aromatic carbocycles. The molecule has 56 heavy (non-hydrogen) atoms. The molecule has 332 valence electrons. The summed E-state index contributed by atoms with van der Waals surface area (Å²) in [5.41, 5.74) is 0. The Morgan fingerprint density at radius 2 is 0.732 bits per heavy atom.